The summed E-state index contributed by atoms with van der Waals surface area (Å²) in [5, 5.41) is 34.6. The van der Waals surface area contributed by atoms with Gasteiger partial charge in [0, 0.05) is 12.3 Å². The number of aliphatic hydroxyl groups excluding tert-OH is 2. The molecule has 1 saturated carbocycles. The van der Waals surface area contributed by atoms with Gasteiger partial charge in [0.2, 0.25) is 6.29 Å². The standard InChI is InChI=1S/C15H25NO7/c1-4-7-10(18)9(16-3)12-13(11(7)19)22-14-15(20,23-12)8(17)5-6(2)21-14/h6-7,9-14,16,18-20H,4-5H2,1-3H3/t6-,7-,9+,10+,11+,12-,13-,14+,15+/m1/s1. The predicted octanol–water partition coefficient (Wildman–Crippen LogP) is -1.49. The predicted molar refractivity (Wildman–Crippen MR) is 77.3 cm³/mol. The van der Waals surface area contributed by atoms with Crippen LogP contribution in [0.5, 0.6) is 0 Å². The highest BCUT2D eigenvalue weighted by molar-refractivity contribution is 5.87. The van der Waals surface area contributed by atoms with E-state index in [0.717, 1.165) is 0 Å². The van der Waals surface area contributed by atoms with Gasteiger partial charge < -0.3 is 34.8 Å². The van der Waals surface area contributed by atoms with Gasteiger partial charge >= 0.3 is 0 Å². The number of ether oxygens (including phenoxy) is 3. The average Bonchev–Trinajstić information content (AvgIpc) is 2.49. The van der Waals surface area contributed by atoms with Gasteiger partial charge in [-0.05, 0) is 20.4 Å². The van der Waals surface area contributed by atoms with E-state index >= 15 is 0 Å². The molecule has 132 valence electrons. The average molecular weight is 331 g/mol. The first kappa shape index (κ1) is 17.2. The third kappa shape index (κ3) is 2.53. The molecule has 0 amide bonds. The molecule has 2 heterocycles. The van der Waals surface area contributed by atoms with Crippen LogP contribution < -0.4 is 5.32 Å². The van der Waals surface area contributed by atoms with Crippen molar-refractivity contribution in [1.82, 2.24) is 5.32 Å². The van der Waals surface area contributed by atoms with Gasteiger partial charge in [0.15, 0.2) is 5.78 Å². The van der Waals surface area contributed by atoms with Crippen LogP contribution in [-0.4, -0.2) is 76.8 Å². The molecule has 0 unspecified atom stereocenters. The van der Waals surface area contributed by atoms with E-state index < -0.39 is 60.3 Å². The van der Waals surface area contributed by atoms with Crippen LogP contribution in [0, 0.1) is 5.92 Å². The molecule has 0 bridgehead atoms. The molecule has 8 nitrogen and oxygen atoms in total. The van der Waals surface area contributed by atoms with Gasteiger partial charge in [-0.3, -0.25) is 4.79 Å². The van der Waals surface area contributed by atoms with Crippen molar-refractivity contribution in [2.24, 2.45) is 5.92 Å². The van der Waals surface area contributed by atoms with E-state index in [-0.39, 0.29) is 6.42 Å². The van der Waals surface area contributed by atoms with E-state index in [4.69, 9.17) is 14.2 Å². The summed E-state index contributed by atoms with van der Waals surface area (Å²) in [4.78, 5) is 12.2. The van der Waals surface area contributed by atoms with E-state index in [2.05, 4.69) is 5.32 Å². The summed E-state index contributed by atoms with van der Waals surface area (Å²) in [6.07, 6.45) is -4.65. The molecule has 4 N–H and O–H groups in total. The lowest BCUT2D eigenvalue weighted by Gasteiger charge is -2.55. The molecule has 3 rings (SSSR count). The van der Waals surface area contributed by atoms with Gasteiger partial charge in [0.05, 0.1) is 24.4 Å². The van der Waals surface area contributed by atoms with Crippen molar-refractivity contribution in [1.29, 1.82) is 0 Å². The highest BCUT2D eigenvalue weighted by Crippen LogP contribution is 2.42. The van der Waals surface area contributed by atoms with Crippen LogP contribution in [0.25, 0.3) is 0 Å². The van der Waals surface area contributed by atoms with Crippen molar-refractivity contribution >= 4 is 5.78 Å². The van der Waals surface area contributed by atoms with Gasteiger partial charge in [-0.1, -0.05) is 6.92 Å². The van der Waals surface area contributed by atoms with Crippen molar-refractivity contribution < 1.29 is 34.3 Å². The minimum atomic E-state index is -2.21. The highest BCUT2D eigenvalue weighted by atomic mass is 16.8. The minimum absolute atomic E-state index is 0.0145. The van der Waals surface area contributed by atoms with Gasteiger partial charge in [0.1, 0.15) is 12.2 Å². The summed E-state index contributed by atoms with van der Waals surface area (Å²) in [6.45, 7) is 3.58. The molecule has 3 aliphatic rings. The highest BCUT2D eigenvalue weighted by Gasteiger charge is 2.63. The largest absolute Gasteiger partial charge is 0.391 e. The zero-order chi connectivity index (χ0) is 16.9. The molecule has 8 heteroatoms. The molecule has 0 radical (unpaired) electrons. The van der Waals surface area contributed by atoms with Crippen LogP contribution in [0.2, 0.25) is 0 Å². The number of fused-ring (bicyclic) bond motifs is 2. The van der Waals surface area contributed by atoms with Gasteiger partial charge in [-0.2, -0.15) is 0 Å². The van der Waals surface area contributed by atoms with Crippen molar-refractivity contribution in [3.63, 3.8) is 0 Å². The number of hydrogen-bond donors (Lipinski definition) is 4. The second-order valence-electron chi connectivity index (χ2n) is 6.65. The van der Waals surface area contributed by atoms with Gasteiger partial charge in [-0.25, -0.2) is 0 Å². The van der Waals surface area contributed by atoms with Crippen LogP contribution in [0.4, 0.5) is 0 Å². The van der Waals surface area contributed by atoms with E-state index in [1.54, 1.807) is 14.0 Å². The Morgan fingerprint density at radius 1 is 1.26 bits per heavy atom. The molecular formula is C15H25NO7. The van der Waals surface area contributed by atoms with Gasteiger partial charge in [-0.15, -0.1) is 0 Å². The zero-order valence-corrected chi connectivity index (χ0v) is 13.5. The molecule has 3 fully saturated rings. The van der Waals surface area contributed by atoms with Crippen molar-refractivity contribution in [3.05, 3.63) is 0 Å². The van der Waals surface area contributed by atoms with Crippen LogP contribution in [0.3, 0.4) is 0 Å². The Labute approximate surface area is 134 Å². The fraction of sp³-hybridized carbons (Fsp3) is 0.933. The van der Waals surface area contributed by atoms with Crippen molar-refractivity contribution in [2.75, 3.05) is 7.05 Å². The smallest absolute Gasteiger partial charge is 0.280 e. The van der Waals surface area contributed by atoms with Crippen LogP contribution in [0.15, 0.2) is 0 Å². The second kappa shape index (κ2) is 6.03. The van der Waals surface area contributed by atoms with E-state index in [9.17, 15) is 20.1 Å². The molecule has 0 aromatic heterocycles. The second-order valence-corrected chi connectivity index (χ2v) is 6.65. The number of ketones is 1. The van der Waals surface area contributed by atoms with Crippen LogP contribution in [0.1, 0.15) is 26.7 Å². The number of likely N-dealkylation sites (N-methyl/N-ethyl adjacent to an activating group) is 1. The Kier molecular flexibility index (Phi) is 4.52. The number of Topliss-reactive ketones (excluding diaryl/α,β-unsaturated/α-hetero) is 1. The summed E-state index contributed by atoms with van der Waals surface area (Å²) in [5.41, 5.74) is 0. The van der Waals surface area contributed by atoms with Crippen LogP contribution >= 0.6 is 0 Å². The molecule has 1 aliphatic carbocycles. The molecule has 0 spiro atoms. The summed E-state index contributed by atoms with van der Waals surface area (Å²) in [6, 6.07) is -0.578. The number of carbonyl (C=O) groups is 1. The lowest BCUT2D eigenvalue weighted by atomic mass is 9.75. The Balaban J connectivity index is 1.92. The first-order valence-corrected chi connectivity index (χ1v) is 8.11. The lowest BCUT2D eigenvalue weighted by Crippen LogP contribution is -2.75. The summed E-state index contributed by atoms with van der Waals surface area (Å²) >= 11 is 0. The fourth-order valence-electron chi connectivity index (χ4n) is 3.91. The third-order valence-electron chi connectivity index (χ3n) is 5.21. The maximum Gasteiger partial charge on any atom is 0.280 e. The van der Waals surface area contributed by atoms with E-state index in [1.807, 2.05) is 6.92 Å². The first-order valence-electron chi connectivity index (χ1n) is 8.11. The molecule has 0 aromatic carbocycles. The fourth-order valence-corrected chi connectivity index (χ4v) is 3.91. The lowest BCUT2D eigenvalue weighted by molar-refractivity contribution is -0.422. The maximum atomic E-state index is 12.2. The normalized spacial score (nSPS) is 53.6. The molecule has 2 aliphatic heterocycles. The number of hydrogen-bond acceptors (Lipinski definition) is 8. The monoisotopic (exact) mass is 331 g/mol. The molecular weight excluding hydrogens is 306 g/mol. The summed E-state index contributed by atoms with van der Waals surface area (Å²) in [5.74, 6) is -3.13. The van der Waals surface area contributed by atoms with Crippen molar-refractivity contribution in [2.45, 2.75) is 75.3 Å². The molecule has 0 aromatic rings. The van der Waals surface area contributed by atoms with Gasteiger partial charge in [0.25, 0.3) is 5.79 Å². The van der Waals surface area contributed by atoms with Crippen molar-refractivity contribution in [3.8, 4) is 0 Å². The van der Waals surface area contributed by atoms with E-state index in [0.29, 0.717) is 6.42 Å². The maximum absolute atomic E-state index is 12.2. The summed E-state index contributed by atoms with van der Waals surface area (Å²) in [7, 11) is 1.65. The first-order chi connectivity index (χ1) is 10.8. The minimum Gasteiger partial charge on any atom is -0.391 e. The zero-order valence-electron chi connectivity index (χ0n) is 13.5. The number of aliphatic hydroxyl groups is 3. The Bertz CT molecular complexity index is 475. The number of rotatable bonds is 2. The Morgan fingerprint density at radius 2 is 1.96 bits per heavy atom. The SMILES string of the molecule is CC[C@@H]1[C@H](O)[C@H](NC)[C@H]2O[C@@]3(O)C(=O)C[C@@H](C)O[C@H]3O[C@@H]2[C@H]1O. The Hall–Kier alpha value is -0.610. The third-order valence-corrected chi connectivity index (χ3v) is 5.21. The topological polar surface area (TPSA) is 117 Å². The molecule has 23 heavy (non-hydrogen) atoms. The molecule has 2 saturated heterocycles. The number of carbonyl (C=O) groups excluding carboxylic acids is 1. The quantitative estimate of drug-likeness (QED) is 0.484. The van der Waals surface area contributed by atoms with E-state index in [1.165, 1.54) is 0 Å². The molecule has 9 atom stereocenters. The van der Waals surface area contributed by atoms with Crippen LogP contribution in [-0.2, 0) is 19.0 Å². The summed E-state index contributed by atoms with van der Waals surface area (Å²) < 4.78 is 16.9. The Morgan fingerprint density at radius 3 is 2.57 bits per heavy atom. The number of nitrogens with one attached hydrogen (secondary N) is 1.